The van der Waals surface area contributed by atoms with Gasteiger partial charge >= 0.3 is 0 Å². The van der Waals surface area contributed by atoms with E-state index in [4.69, 9.17) is 5.11 Å². The molecule has 92 valence electrons. The maximum absolute atomic E-state index is 11.7. The van der Waals surface area contributed by atoms with E-state index in [0.29, 0.717) is 0 Å². The molecule has 0 aromatic heterocycles. The standard InChI is InChI=1S/C12H21NO2S/c14-8-4-9-16-10-7-13-12(15)11-5-2-1-3-6-11/h1-2,11,14H,3-10H2,(H,13,15). The number of carbonyl (C=O) groups excluding carboxylic acids is 1. The fourth-order valence-corrected chi connectivity index (χ4v) is 2.47. The number of hydrogen-bond donors (Lipinski definition) is 2. The van der Waals surface area contributed by atoms with E-state index in [0.717, 1.165) is 43.7 Å². The molecule has 2 N–H and O–H groups in total. The molecule has 0 saturated heterocycles. The first kappa shape index (κ1) is 13.6. The lowest BCUT2D eigenvalue weighted by molar-refractivity contribution is -0.125. The van der Waals surface area contributed by atoms with E-state index < -0.39 is 0 Å². The number of aliphatic hydroxyl groups is 1. The molecule has 1 amide bonds. The minimum atomic E-state index is 0.187. The van der Waals surface area contributed by atoms with Crippen LogP contribution >= 0.6 is 11.8 Å². The van der Waals surface area contributed by atoms with Gasteiger partial charge in [0.15, 0.2) is 0 Å². The monoisotopic (exact) mass is 243 g/mol. The first-order valence-corrected chi connectivity index (χ1v) is 7.11. The quantitative estimate of drug-likeness (QED) is 0.527. The largest absolute Gasteiger partial charge is 0.396 e. The summed E-state index contributed by atoms with van der Waals surface area (Å²) in [6.45, 7) is 1.00. The van der Waals surface area contributed by atoms with Gasteiger partial charge in [-0.15, -0.1) is 0 Å². The summed E-state index contributed by atoms with van der Waals surface area (Å²) in [7, 11) is 0. The number of carbonyl (C=O) groups is 1. The van der Waals surface area contributed by atoms with Crippen LogP contribution < -0.4 is 5.32 Å². The van der Waals surface area contributed by atoms with Crippen molar-refractivity contribution in [3.63, 3.8) is 0 Å². The molecule has 0 aromatic rings. The van der Waals surface area contributed by atoms with Crippen molar-refractivity contribution < 1.29 is 9.90 Å². The van der Waals surface area contributed by atoms with Crippen LogP contribution in [-0.2, 0) is 4.79 Å². The molecule has 1 atom stereocenters. The van der Waals surface area contributed by atoms with Gasteiger partial charge in [0.05, 0.1) is 0 Å². The Hall–Kier alpha value is -0.480. The Morgan fingerprint density at radius 3 is 3.00 bits per heavy atom. The van der Waals surface area contributed by atoms with Gasteiger partial charge < -0.3 is 10.4 Å². The number of rotatable bonds is 7. The number of hydrogen-bond acceptors (Lipinski definition) is 3. The highest BCUT2D eigenvalue weighted by Gasteiger charge is 2.17. The summed E-state index contributed by atoms with van der Waals surface area (Å²) < 4.78 is 0. The van der Waals surface area contributed by atoms with Crippen LogP contribution in [0, 0.1) is 5.92 Å². The molecule has 4 heteroatoms. The Balaban J connectivity index is 1.99. The molecule has 1 aliphatic rings. The third-order valence-electron chi connectivity index (χ3n) is 2.63. The second kappa shape index (κ2) is 8.65. The zero-order valence-electron chi connectivity index (χ0n) is 9.65. The molecule has 0 radical (unpaired) electrons. The van der Waals surface area contributed by atoms with Crippen molar-refractivity contribution in [1.82, 2.24) is 5.32 Å². The molecular weight excluding hydrogens is 222 g/mol. The van der Waals surface area contributed by atoms with Crippen molar-refractivity contribution in [1.29, 1.82) is 0 Å². The molecule has 16 heavy (non-hydrogen) atoms. The van der Waals surface area contributed by atoms with Gasteiger partial charge in [-0.05, 0) is 31.4 Å². The zero-order chi connectivity index (χ0) is 11.6. The smallest absolute Gasteiger partial charge is 0.223 e. The van der Waals surface area contributed by atoms with Crippen molar-refractivity contribution in [2.45, 2.75) is 25.7 Å². The van der Waals surface area contributed by atoms with E-state index >= 15 is 0 Å². The molecule has 0 aromatic carbocycles. The first-order valence-electron chi connectivity index (χ1n) is 5.96. The second-order valence-corrected chi connectivity index (χ2v) is 5.19. The van der Waals surface area contributed by atoms with Crippen LogP contribution in [0.5, 0.6) is 0 Å². The maximum atomic E-state index is 11.7. The van der Waals surface area contributed by atoms with Crippen molar-refractivity contribution in [2.75, 3.05) is 24.7 Å². The van der Waals surface area contributed by atoms with Gasteiger partial charge in [-0.25, -0.2) is 0 Å². The van der Waals surface area contributed by atoms with E-state index in [1.165, 1.54) is 0 Å². The van der Waals surface area contributed by atoms with Crippen molar-refractivity contribution in [3.05, 3.63) is 12.2 Å². The SMILES string of the molecule is O=C(NCCSCCCO)C1CC=CCC1. The molecule has 0 bridgehead atoms. The third kappa shape index (κ3) is 5.56. The van der Waals surface area contributed by atoms with Gasteiger partial charge in [0.25, 0.3) is 0 Å². The first-order chi connectivity index (χ1) is 7.84. The predicted octanol–water partition coefficient (Wildman–Crippen LogP) is 1.57. The van der Waals surface area contributed by atoms with Gasteiger partial charge in [-0.2, -0.15) is 11.8 Å². The molecule has 0 heterocycles. The average molecular weight is 243 g/mol. The van der Waals surface area contributed by atoms with Crippen LogP contribution in [0.3, 0.4) is 0 Å². The average Bonchev–Trinajstić information content (AvgIpc) is 2.34. The van der Waals surface area contributed by atoms with Gasteiger partial charge in [-0.1, -0.05) is 12.2 Å². The zero-order valence-corrected chi connectivity index (χ0v) is 10.5. The van der Waals surface area contributed by atoms with Crippen LogP contribution in [0.2, 0.25) is 0 Å². The van der Waals surface area contributed by atoms with Gasteiger partial charge in [-0.3, -0.25) is 4.79 Å². The van der Waals surface area contributed by atoms with Crippen LogP contribution in [0.1, 0.15) is 25.7 Å². The molecule has 0 saturated carbocycles. The lowest BCUT2D eigenvalue weighted by Gasteiger charge is -2.17. The number of thioether (sulfide) groups is 1. The topological polar surface area (TPSA) is 49.3 Å². The minimum Gasteiger partial charge on any atom is -0.396 e. The van der Waals surface area contributed by atoms with Crippen LogP contribution in [0.25, 0.3) is 0 Å². The molecule has 0 fully saturated rings. The predicted molar refractivity (Wildman–Crippen MR) is 68.5 cm³/mol. The van der Waals surface area contributed by atoms with Crippen LogP contribution in [-0.4, -0.2) is 35.7 Å². The van der Waals surface area contributed by atoms with Gasteiger partial charge in [0.1, 0.15) is 0 Å². The molecule has 0 spiro atoms. The molecule has 1 unspecified atom stereocenters. The lowest BCUT2D eigenvalue weighted by Crippen LogP contribution is -2.32. The highest BCUT2D eigenvalue weighted by Crippen LogP contribution is 2.17. The summed E-state index contributed by atoms with van der Waals surface area (Å²) >= 11 is 1.78. The van der Waals surface area contributed by atoms with E-state index in [1.54, 1.807) is 11.8 Å². The number of allylic oxidation sites excluding steroid dienone is 2. The Morgan fingerprint density at radius 1 is 1.44 bits per heavy atom. The third-order valence-corrected chi connectivity index (χ3v) is 3.70. The summed E-state index contributed by atoms with van der Waals surface area (Å²) in [6.07, 6.45) is 8.00. The Kier molecular flexibility index (Phi) is 7.34. The second-order valence-electron chi connectivity index (χ2n) is 3.96. The van der Waals surface area contributed by atoms with E-state index in [9.17, 15) is 4.79 Å². The van der Waals surface area contributed by atoms with E-state index in [2.05, 4.69) is 17.5 Å². The molecular formula is C12H21NO2S. The maximum Gasteiger partial charge on any atom is 0.223 e. The van der Waals surface area contributed by atoms with Crippen LogP contribution in [0.15, 0.2) is 12.2 Å². The fourth-order valence-electron chi connectivity index (χ4n) is 1.69. The van der Waals surface area contributed by atoms with E-state index in [1.807, 2.05) is 0 Å². The number of amides is 1. The minimum absolute atomic E-state index is 0.187. The Morgan fingerprint density at radius 2 is 2.31 bits per heavy atom. The normalized spacial score (nSPS) is 19.7. The van der Waals surface area contributed by atoms with E-state index in [-0.39, 0.29) is 18.4 Å². The highest BCUT2D eigenvalue weighted by atomic mass is 32.2. The number of nitrogens with one attached hydrogen (secondary N) is 1. The summed E-state index contributed by atoms with van der Waals surface area (Å²) in [5.41, 5.74) is 0. The van der Waals surface area contributed by atoms with Crippen molar-refractivity contribution in [2.24, 2.45) is 5.92 Å². The summed E-state index contributed by atoms with van der Waals surface area (Å²) in [4.78, 5) is 11.7. The molecule has 3 nitrogen and oxygen atoms in total. The summed E-state index contributed by atoms with van der Waals surface area (Å²) in [5, 5.41) is 11.6. The van der Waals surface area contributed by atoms with Crippen LogP contribution in [0.4, 0.5) is 0 Å². The highest BCUT2D eigenvalue weighted by molar-refractivity contribution is 7.99. The fraction of sp³-hybridized carbons (Fsp3) is 0.750. The Labute approximate surface area is 102 Å². The summed E-state index contributed by atoms with van der Waals surface area (Å²) in [5.74, 6) is 2.30. The number of aliphatic hydroxyl groups excluding tert-OH is 1. The molecule has 1 aliphatic carbocycles. The van der Waals surface area contributed by atoms with Gasteiger partial charge in [0, 0.05) is 24.8 Å². The lowest BCUT2D eigenvalue weighted by atomic mass is 9.94. The van der Waals surface area contributed by atoms with Crippen molar-refractivity contribution >= 4 is 17.7 Å². The van der Waals surface area contributed by atoms with Gasteiger partial charge in [0.2, 0.25) is 5.91 Å². The molecule has 0 aliphatic heterocycles. The summed E-state index contributed by atoms with van der Waals surface area (Å²) in [6, 6.07) is 0. The Bertz CT molecular complexity index is 231. The molecule has 1 rings (SSSR count). The van der Waals surface area contributed by atoms with Crippen molar-refractivity contribution in [3.8, 4) is 0 Å².